The molecule has 0 spiro atoms. The number of methoxy groups -OCH3 is 2. The number of ether oxygens (including phenoxy) is 2. The molecule has 6 nitrogen and oxygen atoms in total. The molecule has 0 fully saturated rings. The topological polar surface area (TPSA) is 76.7 Å². The van der Waals surface area contributed by atoms with Crippen LogP contribution in [0.5, 0.6) is 11.5 Å². The molecule has 3 aromatic rings. The third-order valence-electron chi connectivity index (χ3n) is 4.21. The smallest absolute Gasteiger partial charge is 0.265 e. The summed E-state index contributed by atoms with van der Waals surface area (Å²) in [5, 5.41) is 0.985. The fourth-order valence-electron chi connectivity index (χ4n) is 2.91. The predicted molar refractivity (Wildman–Crippen MR) is 112 cm³/mol. The van der Waals surface area contributed by atoms with Crippen molar-refractivity contribution in [3.05, 3.63) is 53.0 Å². The highest BCUT2D eigenvalue weighted by molar-refractivity contribution is 7.85. The summed E-state index contributed by atoms with van der Waals surface area (Å²) in [5.74, 6) is 1.15. The Hall–Kier alpha value is -2.42. The number of hydrogen-bond acceptors (Lipinski definition) is 5. The summed E-state index contributed by atoms with van der Waals surface area (Å²) in [6, 6.07) is 13.6. The van der Waals surface area contributed by atoms with Gasteiger partial charge in [-0.3, -0.25) is 4.55 Å². The first-order valence-electron chi connectivity index (χ1n) is 8.67. The number of nitrogens with zero attached hydrogens (tertiary/aromatic N) is 1. The molecule has 8 heteroatoms. The molecule has 0 radical (unpaired) electrons. The summed E-state index contributed by atoms with van der Waals surface area (Å²) in [5.41, 5.74) is 1.96. The summed E-state index contributed by atoms with van der Waals surface area (Å²) < 4.78 is 44.9. The first-order valence-corrected chi connectivity index (χ1v) is 11.1. The Balaban J connectivity index is 1.94. The molecule has 3 rings (SSSR count). The van der Waals surface area contributed by atoms with Gasteiger partial charge in [0.1, 0.15) is 16.2 Å². The second-order valence-corrected chi connectivity index (χ2v) is 8.81. The summed E-state index contributed by atoms with van der Waals surface area (Å²) in [6.45, 7) is 0.491. The Morgan fingerprint density at radius 1 is 1.07 bits per heavy atom. The molecule has 0 saturated carbocycles. The van der Waals surface area contributed by atoms with Crippen molar-refractivity contribution < 1.29 is 27.0 Å². The fraction of sp³-hybridized carbons (Fsp3) is 0.250. The zero-order valence-electron chi connectivity index (χ0n) is 15.7. The van der Waals surface area contributed by atoms with Crippen LogP contribution in [-0.2, 0) is 16.7 Å². The molecule has 0 unspecified atom stereocenters. The molecule has 0 aliphatic rings. The number of aromatic nitrogens is 1. The summed E-state index contributed by atoms with van der Waals surface area (Å²) >= 11 is 1.62. The third-order valence-corrected chi connectivity index (χ3v) is 6.15. The molecule has 0 amide bonds. The van der Waals surface area contributed by atoms with E-state index >= 15 is 0 Å². The van der Waals surface area contributed by atoms with Crippen LogP contribution in [0.15, 0.2) is 42.5 Å². The second-order valence-electron chi connectivity index (χ2n) is 6.18. The minimum atomic E-state index is -3.97. The van der Waals surface area contributed by atoms with Gasteiger partial charge < -0.3 is 9.47 Å². The second kappa shape index (κ2) is 8.72. The van der Waals surface area contributed by atoms with Crippen molar-refractivity contribution in [1.82, 2.24) is 0 Å². The van der Waals surface area contributed by atoms with Gasteiger partial charge in [0.25, 0.3) is 15.1 Å². The first-order chi connectivity index (χ1) is 13.4. The van der Waals surface area contributed by atoms with Gasteiger partial charge >= 0.3 is 0 Å². The quantitative estimate of drug-likeness (QED) is 0.445. The number of fused-ring (bicyclic) bond motifs is 1. The highest BCUT2D eigenvalue weighted by Gasteiger charge is 2.19. The van der Waals surface area contributed by atoms with Crippen molar-refractivity contribution in [2.45, 2.75) is 13.0 Å². The van der Waals surface area contributed by atoms with E-state index in [1.165, 1.54) is 0 Å². The average molecular weight is 421 g/mol. The van der Waals surface area contributed by atoms with Gasteiger partial charge in [0, 0.05) is 24.6 Å². The van der Waals surface area contributed by atoms with Crippen molar-refractivity contribution in [3.8, 4) is 11.5 Å². The fourth-order valence-corrected chi connectivity index (χ4v) is 4.49. The lowest BCUT2D eigenvalue weighted by Gasteiger charge is -2.05. The van der Waals surface area contributed by atoms with Crippen LogP contribution in [0.25, 0.3) is 22.4 Å². The Kier molecular flexibility index (Phi) is 6.33. The molecule has 0 atom stereocenters. The maximum absolute atomic E-state index is 11.1. The van der Waals surface area contributed by atoms with Crippen molar-refractivity contribution >= 4 is 43.8 Å². The minimum Gasteiger partial charge on any atom is -0.497 e. The maximum atomic E-state index is 11.1. The summed E-state index contributed by atoms with van der Waals surface area (Å²) in [7, 11) is -0.753. The van der Waals surface area contributed by atoms with Crippen LogP contribution in [0.1, 0.15) is 17.0 Å². The van der Waals surface area contributed by atoms with Gasteiger partial charge in [-0.05, 0) is 29.8 Å². The molecular formula is C20H22NO5S2+. The Bertz CT molecular complexity index is 1080. The lowest BCUT2D eigenvalue weighted by atomic mass is 10.2. The van der Waals surface area contributed by atoms with E-state index in [1.54, 1.807) is 25.6 Å². The normalized spacial score (nSPS) is 12.0. The number of aryl methyl sites for hydroxylation is 1. The van der Waals surface area contributed by atoms with Gasteiger partial charge in [0.15, 0.2) is 6.54 Å². The molecule has 0 aliphatic carbocycles. The molecule has 0 saturated heterocycles. The van der Waals surface area contributed by atoms with Gasteiger partial charge in [-0.1, -0.05) is 23.5 Å². The highest BCUT2D eigenvalue weighted by Crippen LogP contribution is 2.25. The van der Waals surface area contributed by atoms with Gasteiger partial charge in [-0.25, -0.2) is 0 Å². The molecule has 1 aromatic heterocycles. The standard InChI is InChI=1S/C20H21NO5S2/c1-25-16-12-15(13-17(14-16)26-2)8-9-20-21(10-5-11-28(22,23)24)18-6-3-4-7-19(18)27-20/h3-4,6-9,12-14H,5,10-11H2,1-2H3/p+1/b9-8+. The lowest BCUT2D eigenvalue weighted by molar-refractivity contribution is -0.668. The van der Waals surface area contributed by atoms with Crippen LogP contribution in [0.4, 0.5) is 0 Å². The molecular weight excluding hydrogens is 398 g/mol. The Morgan fingerprint density at radius 3 is 2.39 bits per heavy atom. The van der Waals surface area contributed by atoms with E-state index in [0.29, 0.717) is 24.5 Å². The molecule has 1 heterocycles. The van der Waals surface area contributed by atoms with Crippen LogP contribution in [0.3, 0.4) is 0 Å². The third kappa shape index (κ3) is 5.09. The minimum absolute atomic E-state index is 0.263. The molecule has 0 bridgehead atoms. The number of hydrogen-bond donors (Lipinski definition) is 1. The monoisotopic (exact) mass is 420 g/mol. The van der Waals surface area contributed by atoms with E-state index in [9.17, 15) is 8.42 Å². The highest BCUT2D eigenvalue weighted by atomic mass is 32.2. The zero-order valence-corrected chi connectivity index (χ0v) is 17.3. The van der Waals surface area contributed by atoms with Crippen molar-refractivity contribution in [3.63, 3.8) is 0 Å². The summed E-state index contributed by atoms with van der Waals surface area (Å²) in [6.07, 6.45) is 4.29. The van der Waals surface area contributed by atoms with E-state index in [0.717, 1.165) is 20.8 Å². The average Bonchev–Trinajstić information content (AvgIpc) is 3.03. The molecule has 28 heavy (non-hydrogen) atoms. The van der Waals surface area contributed by atoms with Crippen LogP contribution in [-0.4, -0.2) is 32.9 Å². The SMILES string of the molecule is COc1cc(/C=C/c2sc3ccccc3[n+]2CCCS(=O)(=O)O)cc(OC)c1. The van der Waals surface area contributed by atoms with Gasteiger partial charge in [-0.2, -0.15) is 13.0 Å². The van der Waals surface area contributed by atoms with Gasteiger partial charge in [-0.15, -0.1) is 0 Å². The number of benzene rings is 2. The van der Waals surface area contributed by atoms with Crippen LogP contribution in [0.2, 0.25) is 0 Å². The number of para-hydroxylation sites is 1. The van der Waals surface area contributed by atoms with Crippen molar-refractivity contribution in [2.75, 3.05) is 20.0 Å². The first kappa shape index (κ1) is 20.3. The van der Waals surface area contributed by atoms with E-state index in [-0.39, 0.29) is 5.75 Å². The molecule has 148 valence electrons. The maximum Gasteiger partial charge on any atom is 0.265 e. The van der Waals surface area contributed by atoms with Gasteiger partial charge in [0.05, 0.1) is 20.0 Å². The Morgan fingerprint density at radius 2 is 1.75 bits per heavy atom. The molecule has 1 N–H and O–H groups in total. The predicted octanol–water partition coefficient (Wildman–Crippen LogP) is 3.65. The lowest BCUT2D eigenvalue weighted by Crippen LogP contribution is -2.35. The Labute approximate surface area is 168 Å². The van der Waals surface area contributed by atoms with Crippen LogP contribution >= 0.6 is 11.3 Å². The van der Waals surface area contributed by atoms with E-state index in [2.05, 4.69) is 4.57 Å². The van der Waals surface area contributed by atoms with E-state index < -0.39 is 10.1 Å². The van der Waals surface area contributed by atoms with E-state index in [4.69, 9.17) is 14.0 Å². The molecule has 0 aliphatic heterocycles. The number of rotatable bonds is 8. The van der Waals surface area contributed by atoms with Crippen LogP contribution < -0.4 is 14.0 Å². The van der Waals surface area contributed by atoms with Crippen molar-refractivity contribution in [2.24, 2.45) is 0 Å². The summed E-state index contributed by atoms with van der Waals surface area (Å²) in [4.78, 5) is 0. The van der Waals surface area contributed by atoms with E-state index in [1.807, 2.05) is 54.6 Å². The van der Waals surface area contributed by atoms with Gasteiger partial charge in [0.2, 0.25) is 5.52 Å². The largest absolute Gasteiger partial charge is 0.497 e. The number of thiazole rings is 1. The molecule has 2 aromatic carbocycles. The van der Waals surface area contributed by atoms with Crippen molar-refractivity contribution in [1.29, 1.82) is 0 Å². The zero-order chi connectivity index (χ0) is 20.1. The van der Waals surface area contributed by atoms with Crippen LogP contribution in [0, 0.1) is 0 Å².